The van der Waals surface area contributed by atoms with Crippen LogP contribution in [0, 0.1) is 17.6 Å². The molecule has 0 spiro atoms. The molecule has 0 amide bonds. The quantitative estimate of drug-likeness (QED) is 0.397. The van der Waals surface area contributed by atoms with Gasteiger partial charge in [-0.05, 0) is 67.4 Å². The second kappa shape index (κ2) is 8.11. The lowest BCUT2D eigenvalue weighted by atomic mass is 9.77. The van der Waals surface area contributed by atoms with Gasteiger partial charge in [0.1, 0.15) is 0 Å². The van der Waals surface area contributed by atoms with Gasteiger partial charge in [0.15, 0.2) is 17.4 Å². The first-order chi connectivity index (χ1) is 12.5. The number of halogens is 4. The molecule has 1 saturated carbocycles. The summed E-state index contributed by atoms with van der Waals surface area (Å²) in [7, 11) is 0. The summed E-state index contributed by atoms with van der Waals surface area (Å²) in [6.07, 6.45) is 8.52. The maximum Gasteiger partial charge on any atom is 0.387 e. The lowest BCUT2D eigenvalue weighted by Gasteiger charge is -2.28. The highest BCUT2D eigenvalue weighted by Crippen LogP contribution is 2.39. The van der Waals surface area contributed by atoms with Gasteiger partial charge < -0.3 is 4.74 Å². The van der Waals surface area contributed by atoms with Gasteiger partial charge in [0, 0.05) is 5.39 Å². The molecular weight excluding hydrogens is 344 g/mol. The van der Waals surface area contributed by atoms with Crippen LogP contribution < -0.4 is 4.74 Å². The van der Waals surface area contributed by atoms with E-state index in [9.17, 15) is 17.6 Å². The van der Waals surface area contributed by atoms with Crippen LogP contribution in [-0.4, -0.2) is 6.61 Å². The number of hydrogen-bond donors (Lipinski definition) is 0. The van der Waals surface area contributed by atoms with Crippen LogP contribution in [0.3, 0.4) is 0 Å². The molecule has 5 heteroatoms. The monoisotopic (exact) mass is 366 g/mol. The molecule has 140 valence electrons. The zero-order valence-corrected chi connectivity index (χ0v) is 14.5. The molecule has 1 fully saturated rings. The summed E-state index contributed by atoms with van der Waals surface area (Å²) >= 11 is 0. The van der Waals surface area contributed by atoms with E-state index in [2.05, 4.69) is 11.3 Å². The molecular formula is C21H22F4O. The van der Waals surface area contributed by atoms with Crippen molar-refractivity contribution < 1.29 is 22.3 Å². The zero-order valence-electron chi connectivity index (χ0n) is 14.5. The summed E-state index contributed by atoms with van der Waals surface area (Å²) in [5, 5.41) is 0.457. The molecule has 0 aliphatic heterocycles. The lowest BCUT2D eigenvalue weighted by molar-refractivity contribution is -0.0544. The molecule has 0 aromatic heterocycles. The van der Waals surface area contributed by atoms with Crippen molar-refractivity contribution in [2.45, 2.75) is 51.1 Å². The van der Waals surface area contributed by atoms with Crippen molar-refractivity contribution in [1.29, 1.82) is 0 Å². The fourth-order valence-corrected chi connectivity index (χ4v) is 3.92. The molecule has 2 aromatic rings. The molecule has 0 saturated heterocycles. The molecule has 1 aliphatic rings. The third kappa shape index (κ3) is 4.02. The summed E-state index contributed by atoms with van der Waals surface area (Å²) in [6.45, 7) is 0.490. The summed E-state index contributed by atoms with van der Waals surface area (Å²) in [6, 6.07) is 6.17. The van der Waals surface area contributed by atoms with Gasteiger partial charge in [0.25, 0.3) is 0 Å². The second-order valence-electron chi connectivity index (χ2n) is 6.94. The summed E-state index contributed by atoms with van der Waals surface area (Å²) in [5.74, 6) is -2.14. The number of benzene rings is 2. The third-order valence-electron chi connectivity index (χ3n) is 5.31. The van der Waals surface area contributed by atoms with Crippen molar-refractivity contribution in [1.82, 2.24) is 0 Å². The predicted molar refractivity (Wildman–Crippen MR) is 94.6 cm³/mol. The number of allylic oxidation sites excluding steroid dienone is 1. The molecule has 0 unspecified atom stereocenters. The number of fused-ring (bicyclic) bond motifs is 1. The number of alkyl halides is 2. The average Bonchev–Trinajstić information content (AvgIpc) is 2.63. The third-order valence-corrected chi connectivity index (χ3v) is 5.31. The van der Waals surface area contributed by atoms with E-state index in [1.54, 1.807) is 6.07 Å². The topological polar surface area (TPSA) is 9.23 Å². The Morgan fingerprint density at radius 1 is 1.12 bits per heavy atom. The normalized spacial score (nSPS) is 20.5. The van der Waals surface area contributed by atoms with Gasteiger partial charge in [0.2, 0.25) is 0 Å². The molecule has 0 radical (unpaired) electrons. The summed E-state index contributed by atoms with van der Waals surface area (Å²) in [4.78, 5) is 0. The maximum absolute atomic E-state index is 14.3. The van der Waals surface area contributed by atoms with Crippen LogP contribution in [0.15, 0.2) is 36.9 Å². The van der Waals surface area contributed by atoms with Gasteiger partial charge >= 0.3 is 6.61 Å². The molecule has 0 N–H and O–H groups in total. The Morgan fingerprint density at radius 3 is 2.50 bits per heavy atom. The summed E-state index contributed by atoms with van der Waals surface area (Å²) < 4.78 is 57.0. The van der Waals surface area contributed by atoms with Crippen LogP contribution in [0.1, 0.15) is 50.0 Å². The Hall–Kier alpha value is -2.04. The minimum Gasteiger partial charge on any atom is -0.429 e. The van der Waals surface area contributed by atoms with Crippen LogP contribution in [0.5, 0.6) is 5.75 Å². The Balaban J connectivity index is 1.81. The van der Waals surface area contributed by atoms with E-state index >= 15 is 0 Å². The number of ether oxygens (including phenoxy) is 1. The lowest BCUT2D eigenvalue weighted by Crippen LogP contribution is -2.13. The predicted octanol–water partition coefficient (Wildman–Crippen LogP) is 6.96. The first-order valence-corrected chi connectivity index (χ1v) is 8.97. The van der Waals surface area contributed by atoms with Gasteiger partial charge in [-0.2, -0.15) is 8.78 Å². The Kier molecular flexibility index (Phi) is 5.84. The highest BCUT2D eigenvalue weighted by atomic mass is 19.3. The van der Waals surface area contributed by atoms with Crippen LogP contribution in [0.25, 0.3) is 10.8 Å². The maximum atomic E-state index is 14.3. The Morgan fingerprint density at radius 2 is 1.85 bits per heavy atom. The van der Waals surface area contributed by atoms with Gasteiger partial charge in [-0.3, -0.25) is 0 Å². The minimum absolute atomic E-state index is 0.0884. The molecule has 0 atom stereocenters. The first kappa shape index (κ1) is 18.7. The Bertz CT molecular complexity index is 779. The van der Waals surface area contributed by atoms with Crippen LogP contribution in [-0.2, 0) is 0 Å². The molecule has 0 heterocycles. The molecule has 26 heavy (non-hydrogen) atoms. The number of hydrogen-bond acceptors (Lipinski definition) is 1. The van der Waals surface area contributed by atoms with Gasteiger partial charge in [-0.1, -0.05) is 24.3 Å². The zero-order chi connectivity index (χ0) is 18.7. The SMILES string of the molecule is C=CCCC1CCC(c2ccc3c(F)c(OC(F)F)c(F)cc3c2)CC1. The van der Waals surface area contributed by atoms with E-state index in [1.165, 1.54) is 6.07 Å². The molecule has 1 nitrogen and oxygen atoms in total. The summed E-state index contributed by atoms with van der Waals surface area (Å²) in [5.41, 5.74) is 1.04. The van der Waals surface area contributed by atoms with E-state index in [0.29, 0.717) is 17.2 Å². The molecule has 2 aromatic carbocycles. The van der Waals surface area contributed by atoms with Crippen molar-refractivity contribution in [2.24, 2.45) is 5.92 Å². The van der Waals surface area contributed by atoms with Gasteiger partial charge in [-0.25, -0.2) is 8.78 Å². The fourth-order valence-electron chi connectivity index (χ4n) is 3.92. The second-order valence-corrected chi connectivity index (χ2v) is 6.94. The smallest absolute Gasteiger partial charge is 0.387 e. The van der Waals surface area contributed by atoms with Crippen molar-refractivity contribution in [3.8, 4) is 5.75 Å². The van der Waals surface area contributed by atoms with Crippen LogP contribution in [0.2, 0.25) is 0 Å². The van der Waals surface area contributed by atoms with Gasteiger partial charge in [-0.15, -0.1) is 6.58 Å². The van der Waals surface area contributed by atoms with Crippen molar-refractivity contribution in [3.63, 3.8) is 0 Å². The van der Waals surface area contributed by atoms with E-state index in [-0.39, 0.29) is 5.39 Å². The van der Waals surface area contributed by atoms with Crippen molar-refractivity contribution in [2.75, 3.05) is 0 Å². The van der Waals surface area contributed by atoms with E-state index < -0.39 is 24.0 Å². The van der Waals surface area contributed by atoms with Crippen LogP contribution >= 0.6 is 0 Å². The fraction of sp³-hybridized carbons (Fsp3) is 0.429. The molecule has 3 rings (SSSR count). The highest BCUT2D eigenvalue weighted by molar-refractivity contribution is 5.85. The number of rotatable bonds is 6. The van der Waals surface area contributed by atoms with Gasteiger partial charge in [0.05, 0.1) is 0 Å². The van der Waals surface area contributed by atoms with E-state index in [1.807, 2.05) is 12.1 Å². The molecule has 0 bridgehead atoms. The van der Waals surface area contributed by atoms with E-state index in [4.69, 9.17) is 0 Å². The van der Waals surface area contributed by atoms with E-state index in [0.717, 1.165) is 50.2 Å². The largest absolute Gasteiger partial charge is 0.429 e. The first-order valence-electron chi connectivity index (χ1n) is 8.97. The molecule has 1 aliphatic carbocycles. The Labute approximate surface area is 150 Å². The average molecular weight is 366 g/mol. The minimum atomic E-state index is -3.27. The van der Waals surface area contributed by atoms with Crippen LogP contribution in [0.4, 0.5) is 17.6 Å². The highest BCUT2D eigenvalue weighted by Gasteiger charge is 2.23. The standard InChI is InChI=1S/C21H22F4O/c1-2-3-4-13-5-7-14(8-6-13)15-9-10-17-16(11-15)12-18(22)20(19(17)23)26-21(24)25/h2,9-14,21H,1,3-8H2. The van der Waals surface area contributed by atoms with Crippen molar-refractivity contribution in [3.05, 3.63) is 54.1 Å². The van der Waals surface area contributed by atoms with Crippen molar-refractivity contribution >= 4 is 10.8 Å².